The zero-order valence-corrected chi connectivity index (χ0v) is 13.6. The second kappa shape index (κ2) is 7.07. The summed E-state index contributed by atoms with van der Waals surface area (Å²) >= 11 is 13.3. The van der Waals surface area contributed by atoms with E-state index in [9.17, 15) is 4.79 Å². The number of thioether (sulfide) groups is 1. The van der Waals surface area contributed by atoms with Gasteiger partial charge in [-0.3, -0.25) is 4.79 Å². The Bertz CT molecular complexity index is 626. The Hall–Kier alpha value is -1.36. The smallest absolute Gasteiger partial charge is 0.237 e. The minimum Gasteiger partial charge on any atom is -0.399 e. The molecule has 21 heavy (non-hydrogen) atoms. The fraction of sp³-hybridized carbons (Fsp3) is 0.133. The van der Waals surface area contributed by atoms with Gasteiger partial charge in [0.2, 0.25) is 5.91 Å². The fourth-order valence-electron chi connectivity index (χ4n) is 1.67. The Morgan fingerprint density at radius 3 is 2.29 bits per heavy atom. The van der Waals surface area contributed by atoms with Gasteiger partial charge in [0.25, 0.3) is 0 Å². The highest BCUT2D eigenvalue weighted by atomic mass is 35.5. The van der Waals surface area contributed by atoms with E-state index in [1.807, 2.05) is 31.2 Å². The number of carbonyl (C=O) groups is 1. The second-order valence-electron chi connectivity index (χ2n) is 4.48. The topological polar surface area (TPSA) is 55.1 Å². The molecule has 0 aliphatic heterocycles. The van der Waals surface area contributed by atoms with E-state index in [-0.39, 0.29) is 11.2 Å². The number of rotatable bonds is 4. The Labute approximate surface area is 137 Å². The van der Waals surface area contributed by atoms with E-state index in [0.29, 0.717) is 21.4 Å². The zero-order chi connectivity index (χ0) is 15.4. The molecule has 1 unspecified atom stereocenters. The molecule has 0 saturated heterocycles. The van der Waals surface area contributed by atoms with Crippen LogP contribution in [0.4, 0.5) is 11.4 Å². The molecule has 0 fully saturated rings. The average Bonchev–Trinajstić information content (AvgIpc) is 2.40. The lowest BCUT2D eigenvalue weighted by molar-refractivity contribution is -0.115. The molecule has 0 heterocycles. The fourth-order valence-corrected chi connectivity index (χ4v) is 3.07. The largest absolute Gasteiger partial charge is 0.399 e. The zero-order valence-electron chi connectivity index (χ0n) is 11.3. The van der Waals surface area contributed by atoms with Gasteiger partial charge in [-0.2, -0.15) is 0 Å². The third kappa shape index (κ3) is 4.84. The molecule has 1 atom stereocenters. The number of amides is 1. The number of nitrogen functional groups attached to an aromatic ring is 1. The van der Waals surface area contributed by atoms with Crippen molar-refractivity contribution >= 4 is 52.2 Å². The second-order valence-corrected chi connectivity index (χ2v) is 6.76. The average molecular weight is 341 g/mol. The predicted molar refractivity (Wildman–Crippen MR) is 91.3 cm³/mol. The summed E-state index contributed by atoms with van der Waals surface area (Å²) in [6.45, 7) is 1.84. The van der Waals surface area contributed by atoms with Crippen LogP contribution in [0.3, 0.4) is 0 Å². The number of nitrogens with two attached hydrogens (primary N) is 1. The first-order valence-electron chi connectivity index (χ1n) is 6.23. The number of benzene rings is 2. The lowest BCUT2D eigenvalue weighted by Gasteiger charge is -2.12. The summed E-state index contributed by atoms with van der Waals surface area (Å²) in [5, 5.41) is 3.51. The summed E-state index contributed by atoms with van der Waals surface area (Å²) in [6.07, 6.45) is 0. The van der Waals surface area contributed by atoms with Gasteiger partial charge in [-0.1, -0.05) is 23.2 Å². The third-order valence-corrected chi connectivity index (χ3v) is 4.24. The van der Waals surface area contributed by atoms with E-state index in [1.165, 1.54) is 11.8 Å². The molecule has 0 saturated carbocycles. The minimum absolute atomic E-state index is 0.116. The van der Waals surface area contributed by atoms with E-state index in [0.717, 1.165) is 4.90 Å². The summed E-state index contributed by atoms with van der Waals surface area (Å²) in [5.74, 6) is -0.116. The van der Waals surface area contributed by atoms with Crippen LogP contribution in [-0.4, -0.2) is 11.2 Å². The number of carbonyl (C=O) groups excluding carboxylic acids is 1. The first kappa shape index (κ1) is 16.0. The molecule has 3 nitrogen and oxygen atoms in total. The van der Waals surface area contributed by atoms with Crippen molar-refractivity contribution < 1.29 is 4.79 Å². The first-order chi connectivity index (χ1) is 9.94. The van der Waals surface area contributed by atoms with Crippen molar-refractivity contribution in [2.45, 2.75) is 17.1 Å². The molecule has 0 aliphatic rings. The van der Waals surface area contributed by atoms with Gasteiger partial charge < -0.3 is 11.1 Å². The maximum absolute atomic E-state index is 12.2. The number of hydrogen-bond acceptors (Lipinski definition) is 3. The Morgan fingerprint density at radius 1 is 1.14 bits per heavy atom. The maximum atomic E-state index is 12.2. The third-order valence-electron chi connectivity index (χ3n) is 2.69. The van der Waals surface area contributed by atoms with Gasteiger partial charge in [0, 0.05) is 26.3 Å². The van der Waals surface area contributed by atoms with Crippen LogP contribution in [0.5, 0.6) is 0 Å². The van der Waals surface area contributed by atoms with E-state index < -0.39 is 0 Å². The SMILES string of the molecule is CC(Sc1ccc(N)cc1)C(=O)Nc1cc(Cl)cc(Cl)c1. The quantitative estimate of drug-likeness (QED) is 0.626. The van der Waals surface area contributed by atoms with Crippen LogP contribution < -0.4 is 11.1 Å². The molecule has 2 aromatic carbocycles. The van der Waals surface area contributed by atoms with Crippen molar-refractivity contribution in [3.05, 3.63) is 52.5 Å². The Kier molecular flexibility index (Phi) is 5.39. The number of halogens is 2. The van der Waals surface area contributed by atoms with Crippen LogP contribution in [0.2, 0.25) is 10.0 Å². The van der Waals surface area contributed by atoms with Gasteiger partial charge in [-0.05, 0) is 49.4 Å². The molecule has 2 aromatic rings. The lowest BCUT2D eigenvalue weighted by Crippen LogP contribution is -2.22. The highest BCUT2D eigenvalue weighted by Gasteiger charge is 2.15. The van der Waals surface area contributed by atoms with Crippen LogP contribution in [0.1, 0.15) is 6.92 Å². The molecule has 0 spiro atoms. The first-order valence-corrected chi connectivity index (χ1v) is 7.87. The van der Waals surface area contributed by atoms with Crippen molar-refractivity contribution in [2.24, 2.45) is 0 Å². The van der Waals surface area contributed by atoms with Gasteiger partial charge >= 0.3 is 0 Å². The minimum atomic E-state index is -0.258. The van der Waals surface area contributed by atoms with Crippen molar-refractivity contribution in [1.82, 2.24) is 0 Å². The highest BCUT2D eigenvalue weighted by Crippen LogP contribution is 2.26. The van der Waals surface area contributed by atoms with Crippen molar-refractivity contribution in [3.8, 4) is 0 Å². The van der Waals surface area contributed by atoms with Crippen molar-refractivity contribution in [2.75, 3.05) is 11.1 Å². The summed E-state index contributed by atoms with van der Waals surface area (Å²) in [5.41, 5.74) is 6.92. The summed E-state index contributed by atoms with van der Waals surface area (Å²) in [4.78, 5) is 13.1. The molecule has 0 aliphatic carbocycles. The van der Waals surface area contributed by atoms with E-state index >= 15 is 0 Å². The van der Waals surface area contributed by atoms with Crippen LogP contribution in [-0.2, 0) is 4.79 Å². The normalized spacial score (nSPS) is 12.0. The predicted octanol–water partition coefficient (Wildman–Crippen LogP) is 4.69. The molecular formula is C15H14Cl2N2OS. The number of anilines is 2. The molecule has 1 amide bonds. The van der Waals surface area contributed by atoms with Crippen molar-refractivity contribution in [3.63, 3.8) is 0 Å². The highest BCUT2D eigenvalue weighted by molar-refractivity contribution is 8.00. The number of nitrogens with one attached hydrogen (secondary N) is 1. The van der Waals surface area contributed by atoms with E-state index in [4.69, 9.17) is 28.9 Å². The molecule has 2 rings (SSSR count). The molecule has 0 bridgehead atoms. The molecule has 3 N–H and O–H groups in total. The van der Waals surface area contributed by atoms with Crippen molar-refractivity contribution in [1.29, 1.82) is 0 Å². The summed E-state index contributed by atoms with van der Waals surface area (Å²) in [7, 11) is 0. The molecule has 6 heteroatoms. The lowest BCUT2D eigenvalue weighted by atomic mass is 10.3. The molecule has 110 valence electrons. The molecular weight excluding hydrogens is 327 g/mol. The van der Waals surface area contributed by atoms with Crippen LogP contribution in [0.15, 0.2) is 47.4 Å². The van der Waals surface area contributed by atoms with Gasteiger partial charge in [0.15, 0.2) is 0 Å². The van der Waals surface area contributed by atoms with E-state index in [2.05, 4.69) is 5.32 Å². The Morgan fingerprint density at radius 2 is 1.71 bits per heavy atom. The Balaban J connectivity index is 2.00. The summed E-state index contributed by atoms with van der Waals surface area (Å²) in [6, 6.07) is 12.3. The van der Waals surface area contributed by atoms with Crippen LogP contribution in [0.25, 0.3) is 0 Å². The van der Waals surface area contributed by atoms with Gasteiger partial charge in [0.1, 0.15) is 0 Å². The van der Waals surface area contributed by atoms with E-state index in [1.54, 1.807) is 18.2 Å². The van der Waals surface area contributed by atoms with Gasteiger partial charge in [-0.15, -0.1) is 11.8 Å². The standard InChI is InChI=1S/C15H14Cl2N2OS/c1-9(21-14-4-2-12(18)3-5-14)15(20)19-13-7-10(16)6-11(17)8-13/h2-9H,18H2,1H3,(H,19,20). The molecule has 0 aromatic heterocycles. The van der Waals surface area contributed by atoms with Crippen LogP contribution >= 0.6 is 35.0 Å². The van der Waals surface area contributed by atoms with Gasteiger partial charge in [-0.25, -0.2) is 0 Å². The van der Waals surface area contributed by atoms with Crippen LogP contribution in [0, 0.1) is 0 Å². The maximum Gasteiger partial charge on any atom is 0.237 e. The number of hydrogen-bond donors (Lipinski definition) is 2. The van der Waals surface area contributed by atoms with Gasteiger partial charge in [0.05, 0.1) is 5.25 Å². The molecule has 0 radical (unpaired) electrons. The summed E-state index contributed by atoms with van der Waals surface area (Å²) < 4.78 is 0. The monoisotopic (exact) mass is 340 g/mol.